The lowest BCUT2D eigenvalue weighted by atomic mass is 10.2. The Morgan fingerprint density at radius 2 is 1.81 bits per heavy atom. The zero-order chi connectivity index (χ0) is 14.5. The molecule has 0 spiro atoms. The summed E-state index contributed by atoms with van der Waals surface area (Å²) in [6.07, 6.45) is 1.32. The Morgan fingerprint density at radius 1 is 1.05 bits per heavy atom. The van der Waals surface area contributed by atoms with Gasteiger partial charge in [0.2, 0.25) is 12.3 Å². The molecule has 0 radical (unpaired) electrons. The van der Waals surface area contributed by atoms with Gasteiger partial charge in [0.05, 0.1) is 7.11 Å². The first-order valence-electron chi connectivity index (χ1n) is 6.58. The predicted octanol–water partition coefficient (Wildman–Crippen LogP) is 3.36. The molecule has 0 amide bonds. The van der Waals surface area contributed by atoms with Crippen LogP contribution < -0.4 is 10.1 Å². The molecule has 5 heteroatoms. The number of hydrogen-bond acceptors (Lipinski definition) is 5. The van der Waals surface area contributed by atoms with Crippen LogP contribution in [0.25, 0.3) is 11.5 Å². The standard InChI is InChI=1S/C16H15N3O2/c1-20-15-8-2-12(3-9-15)10-17-14-6-4-13(5-7-14)16-19-18-11-21-16/h2-9,11,17H,10H2,1H3. The van der Waals surface area contributed by atoms with Crippen LogP contribution in [0.2, 0.25) is 0 Å². The molecule has 5 nitrogen and oxygen atoms in total. The van der Waals surface area contributed by atoms with Crippen LogP contribution in [0.5, 0.6) is 5.75 Å². The van der Waals surface area contributed by atoms with Gasteiger partial charge in [-0.15, -0.1) is 10.2 Å². The van der Waals surface area contributed by atoms with Gasteiger partial charge in [0.1, 0.15) is 5.75 Å². The van der Waals surface area contributed by atoms with Gasteiger partial charge in [-0.05, 0) is 42.0 Å². The highest BCUT2D eigenvalue weighted by Crippen LogP contribution is 2.19. The van der Waals surface area contributed by atoms with Gasteiger partial charge >= 0.3 is 0 Å². The smallest absolute Gasteiger partial charge is 0.247 e. The maximum Gasteiger partial charge on any atom is 0.247 e. The summed E-state index contributed by atoms with van der Waals surface area (Å²) < 4.78 is 10.3. The molecule has 21 heavy (non-hydrogen) atoms. The van der Waals surface area contributed by atoms with E-state index in [1.54, 1.807) is 7.11 Å². The summed E-state index contributed by atoms with van der Waals surface area (Å²) >= 11 is 0. The van der Waals surface area contributed by atoms with Crippen molar-refractivity contribution in [2.75, 3.05) is 12.4 Å². The number of rotatable bonds is 5. The van der Waals surface area contributed by atoms with Gasteiger partial charge in [0.15, 0.2) is 0 Å². The van der Waals surface area contributed by atoms with E-state index < -0.39 is 0 Å². The molecule has 0 aliphatic carbocycles. The van der Waals surface area contributed by atoms with Crippen LogP contribution >= 0.6 is 0 Å². The van der Waals surface area contributed by atoms with Crippen molar-refractivity contribution in [1.29, 1.82) is 0 Å². The average molecular weight is 281 g/mol. The summed E-state index contributed by atoms with van der Waals surface area (Å²) in [7, 11) is 1.66. The molecule has 1 heterocycles. The van der Waals surface area contributed by atoms with Crippen molar-refractivity contribution in [3.63, 3.8) is 0 Å². The summed E-state index contributed by atoms with van der Waals surface area (Å²) in [6, 6.07) is 15.9. The quantitative estimate of drug-likeness (QED) is 0.777. The van der Waals surface area contributed by atoms with Crippen LogP contribution in [-0.2, 0) is 6.54 Å². The molecule has 0 unspecified atom stereocenters. The maximum atomic E-state index is 5.16. The molecule has 0 aliphatic heterocycles. The fraction of sp³-hybridized carbons (Fsp3) is 0.125. The van der Waals surface area contributed by atoms with Crippen LogP contribution in [0.4, 0.5) is 5.69 Å². The third-order valence-electron chi connectivity index (χ3n) is 3.15. The highest BCUT2D eigenvalue weighted by molar-refractivity contribution is 5.58. The van der Waals surface area contributed by atoms with Crippen molar-refractivity contribution in [2.45, 2.75) is 6.54 Å². The van der Waals surface area contributed by atoms with E-state index in [1.165, 1.54) is 12.0 Å². The number of nitrogens with one attached hydrogen (secondary N) is 1. The Kier molecular flexibility index (Phi) is 3.82. The second-order valence-electron chi connectivity index (χ2n) is 4.52. The molecule has 0 saturated heterocycles. The minimum absolute atomic E-state index is 0.525. The zero-order valence-corrected chi connectivity index (χ0v) is 11.6. The van der Waals surface area contributed by atoms with Crippen LogP contribution in [0.3, 0.4) is 0 Å². The lowest BCUT2D eigenvalue weighted by Crippen LogP contribution is -1.99. The van der Waals surface area contributed by atoms with Gasteiger partial charge in [-0.2, -0.15) is 0 Å². The first-order chi connectivity index (χ1) is 10.3. The van der Waals surface area contributed by atoms with Gasteiger partial charge in [0.25, 0.3) is 0 Å². The van der Waals surface area contributed by atoms with Crippen molar-refractivity contribution < 1.29 is 9.15 Å². The van der Waals surface area contributed by atoms with E-state index in [-0.39, 0.29) is 0 Å². The van der Waals surface area contributed by atoms with Gasteiger partial charge in [-0.1, -0.05) is 12.1 Å². The van der Waals surface area contributed by atoms with Crippen molar-refractivity contribution >= 4 is 5.69 Å². The Morgan fingerprint density at radius 3 is 2.43 bits per heavy atom. The van der Waals surface area contributed by atoms with E-state index in [2.05, 4.69) is 15.5 Å². The lowest BCUT2D eigenvalue weighted by Gasteiger charge is -2.07. The molecule has 3 rings (SSSR count). The number of nitrogens with zero attached hydrogens (tertiary/aromatic N) is 2. The van der Waals surface area contributed by atoms with Crippen LogP contribution in [0, 0.1) is 0 Å². The van der Waals surface area contributed by atoms with Crippen LogP contribution in [-0.4, -0.2) is 17.3 Å². The number of anilines is 1. The summed E-state index contributed by atoms with van der Waals surface area (Å²) in [5, 5.41) is 10.9. The Hall–Kier alpha value is -2.82. The molecule has 0 aliphatic rings. The second-order valence-corrected chi connectivity index (χ2v) is 4.52. The van der Waals surface area contributed by atoms with Crippen molar-refractivity contribution in [3.05, 3.63) is 60.5 Å². The van der Waals surface area contributed by atoms with Gasteiger partial charge in [-0.3, -0.25) is 0 Å². The van der Waals surface area contributed by atoms with Gasteiger partial charge in [0, 0.05) is 17.8 Å². The minimum Gasteiger partial charge on any atom is -0.497 e. The zero-order valence-electron chi connectivity index (χ0n) is 11.6. The van der Waals surface area contributed by atoms with Gasteiger partial charge in [-0.25, -0.2) is 0 Å². The van der Waals surface area contributed by atoms with E-state index in [1.807, 2.05) is 48.5 Å². The molecule has 0 saturated carbocycles. The fourth-order valence-electron chi connectivity index (χ4n) is 1.98. The van der Waals surface area contributed by atoms with E-state index >= 15 is 0 Å². The normalized spacial score (nSPS) is 10.3. The second kappa shape index (κ2) is 6.09. The van der Waals surface area contributed by atoms with E-state index in [0.717, 1.165) is 23.5 Å². The van der Waals surface area contributed by atoms with E-state index in [9.17, 15) is 0 Å². The third-order valence-corrected chi connectivity index (χ3v) is 3.15. The SMILES string of the molecule is COc1ccc(CNc2ccc(-c3nnco3)cc2)cc1. The highest BCUT2D eigenvalue weighted by atomic mass is 16.5. The molecular formula is C16H15N3O2. The minimum atomic E-state index is 0.525. The topological polar surface area (TPSA) is 60.2 Å². The Balaban J connectivity index is 1.62. The highest BCUT2D eigenvalue weighted by Gasteiger charge is 2.02. The van der Waals surface area contributed by atoms with Gasteiger partial charge < -0.3 is 14.5 Å². The fourth-order valence-corrected chi connectivity index (χ4v) is 1.98. The molecule has 106 valence electrons. The molecule has 1 aromatic heterocycles. The molecule has 0 fully saturated rings. The third kappa shape index (κ3) is 3.20. The maximum absolute atomic E-state index is 5.16. The molecule has 0 bridgehead atoms. The Bertz CT molecular complexity index is 677. The molecule has 1 N–H and O–H groups in total. The van der Waals surface area contributed by atoms with E-state index in [0.29, 0.717) is 5.89 Å². The first-order valence-corrected chi connectivity index (χ1v) is 6.58. The number of benzene rings is 2. The molecule has 3 aromatic rings. The molecule has 0 atom stereocenters. The Labute approximate surface area is 122 Å². The monoisotopic (exact) mass is 281 g/mol. The van der Waals surface area contributed by atoms with E-state index in [4.69, 9.17) is 9.15 Å². The first kappa shape index (κ1) is 13.2. The summed E-state index contributed by atoms with van der Waals surface area (Å²) in [5.41, 5.74) is 3.13. The number of aromatic nitrogens is 2. The molecular weight excluding hydrogens is 266 g/mol. The van der Waals surface area contributed by atoms with Crippen molar-refractivity contribution in [1.82, 2.24) is 10.2 Å². The average Bonchev–Trinajstić information content (AvgIpc) is 3.08. The summed E-state index contributed by atoms with van der Waals surface area (Å²) in [5.74, 6) is 1.39. The molecule has 2 aromatic carbocycles. The van der Waals surface area contributed by atoms with Crippen molar-refractivity contribution in [2.24, 2.45) is 0 Å². The van der Waals surface area contributed by atoms with Crippen molar-refractivity contribution in [3.8, 4) is 17.2 Å². The number of ether oxygens (including phenoxy) is 1. The lowest BCUT2D eigenvalue weighted by molar-refractivity contribution is 0.414. The van der Waals surface area contributed by atoms with Crippen LogP contribution in [0.15, 0.2) is 59.3 Å². The largest absolute Gasteiger partial charge is 0.497 e. The number of methoxy groups -OCH3 is 1. The predicted molar refractivity (Wildman–Crippen MR) is 80.1 cm³/mol. The summed E-state index contributed by atoms with van der Waals surface area (Å²) in [4.78, 5) is 0. The number of hydrogen-bond donors (Lipinski definition) is 1. The summed E-state index contributed by atoms with van der Waals surface area (Å²) in [6.45, 7) is 0.754. The van der Waals surface area contributed by atoms with Crippen LogP contribution in [0.1, 0.15) is 5.56 Å².